The monoisotopic (exact) mass is 261 g/mol. The van der Waals surface area contributed by atoms with Crippen molar-refractivity contribution in [2.75, 3.05) is 23.7 Å². The Morgan fingerprint density at radius 1 is 1.63 bits per heavy atom. The summed E-state index contributed by atoms with van der Waals surface area (Å²) >= 11 is 0. The van der Waals surface area contributed by atoms with Crippen LogP contribution in [0.1, 0.15) is 13.3 Å². The van der Waals surface area contributed by atoms with Crippen LogP contribution in [-0.4, -0.2) is 18.6 Å². The lowest BCUT2D eigenvalue weighted by molar-refractivity contribution is 0.378. The Kier molecular flexibility index (Phi) is 3.08. The van der Waals surface area contributed by atoms with Crippen molar-refractivity contribution in [1.82, 2.24) is 0 Å². The SMILES string of the molecule is C=CC[C@H]1CN(c2c(N)c(=O)c2=O)CC1(C)N=[N+]=[N-]. The maximum Gasteiger partial charge on any atom is 0.253 e. The fraction of sp³-hybridized carbons (Fsp3) is 0.500. The first-order valence-corrected chi connectivity index (χ1v) is 5.95. The van der Waals surface area contributed by atoms with Crippen LogP contribution in [0.25, 0.3) is 10.4 Å². The summed E-state index contributed by atoms with van der Waals surface area (Å²) in [7, 11) is 0. The van der Waals surface area contributed by atoms with Gasteiger partial charge in [0.05, 0.1) is 5.54 Å². The highest BCUT2D eigenvalue weighted by atomic mass is 16.2. The number of nitrogens with two attached hydrogens (primary N) is 1. The predicted molar refractivity (Wildman–Crippen MR) is 73.8 cm³/mol. The maximum atomic E-state index is 11.5. The van der Waals surface area contributed by atoms with E-state index in [0.29, 0.717) is 19.5 Å². The first-order chi connectivity index (χ1) is 8.94. The Labute approximate surface area is 109 Å². The average molecular weight is 261 g/mol. The largest absolute Gasteiger partial charge is 0.394 e. The van der Waals surface area contributed by atoms with Crippen LogP contribution >= 0.6 is 0 Å². The average Bonchev–Trinajstić information content (AvgIpc) is 2.67. The van der Waals surface area contributed by atoms with Crippen LogP contribution in [0.5, 0.6) is 0 Å². The van der Waals surface area contributed by atoms with Gasteiger partial charge in [-0.1, -0.05) is 18.1 Å². The quantitative estimate of drug-likeness (QED) is 0.286. The van der Waals surface area contributed by atoms with Crippen LogP contribution in [0, 0.1) is 5.92 Å². The molecule has 1 saturated heterocycles. The molecule has 2 atom stereocenters. The van der Waals surface area contributed by atoms with Crippen molar-refractivity contribution in [3.05, 3.63) is 43.5 Å². The molecule has 0 aliphatic carbocycles. The third kappa shape index (κ3) is 1.88. The molecular weight excluding hydrogens is 246 g/mol. The lowest BCUT2D eigenvalue weighted by Crippen LogP contribution is -2.42. The first kappa shape index (κ1) is 13.2. The molecule has 7 nitrogen and oxygen atoms in total. The van der Waals surface area contributed by atoms with Crippen molar-refractivity contribution in [2.45, 2.75) is 18.9 Å². The van der Waals surface area contributed by atoms with Gasteiger partial charge in [-0.05, 0) is 17.9 Å². The summed E-state index contributed by atoms with van der Waals surface area (Å²) < 4.78 is 0. The molecule has 0 spiro atoms. The van der Waals surface area contributed by atoms with Crippen LogP contribution in [0.4, 0.5) is 11.4 Å². The summed E-state index contributed by atoms with van der Waals surface area (Å²) in [5, 5.41) is 3.85. The maximum absolute atomic E-state index is 11.5. The van der Waals surface area contributed by atoms with E-state index < -0.39 is 16.4 Å². The standard InChI is InChI=1S/C12H15N5O2/c1-3-4-7-5-17(6-12(7,2)15-16-14)9-8(13)10(18)11(9)19/h3,7H,1,4-6,13H2,2H3/t7-,12?/m0/s1. The fourth-order valence-electron chi connectivity index (χ4n) is 2.67. The van der Waals surface area contributed by atoms with Gasteiger partial charge >= 0.3 is 0 Å². The molecule has 19 heavy (non-hydrogen) atoms. The summed E-state index contributed by atoms with van der Waals surface area (Å²) in [6, 6.07) is 0. The third-order valence-electron chi connectivity index (χ3n) is 3.79. The lowest BCUT2D eigenvalue weighted by atomic mass is 9.87. The predicted octanol–water partition coefficient (Wildman–Crippen LogP) is 0.946. The molecule has 1 aromatic carbocycles. The normalized spacial score (nSPS) is 26.4. The number of anilines is 2. The molecule has 1 aliphatic rings. The Morgan fingerprint density at radius 2 is 2.32 bits per heavy atom. The number of allylic oxidation sites excluding steroid dienone is 1. The number of hydrogen-bond donors (Lipinski definition) is 1. The second-order valence-electron chi connectivity index (χ2n) is 5.07. The van der Waals surface area contributed by atoms with Gasteiger partial charge in [-0.2, -0.15) is 0 Å². The lowest BCUT2D eigenvalue weighted by Gasteiger charge is -2.24. The smallest absolute Gasteiger partial charge is 0.253 e. The highest BCUT2D eigenvalue weighted by Crippen LogP contribution is 2.37. The van der Waals surface area contributed by atoms with E-state index in [-0.39, 0.29) is 17.3 Å². The zero-order chi connectivity index (χ0) is 14.2. The molecule has 1 aromatic rings. The number of rotatable bonds is 4. The van der Waals surface area contributed by atoms with Gasteiger partial charge in [0.2, 0.25) is 0 Å². The zero-order valence-electron chi connectivity index (χ0n) is 10.7. The topological polar surface area (TPSA) is 112 Å². The van der Waals surface area contributed by atoms with Crippen molar-refractivity contribution in [3.8, 4) is 0 Å². The van der Waals surface area contributed by atoms with Gasteiger partial charge in [0.15, 0.2) is 0 Å². The molecule has 0 radical (unpaired) electrons. The Bertz CT molecular complexity index is 639. The molecule has 2 N–H and O–H groups in total. The first-order valence-electron chi connectivity index (χ1n) is 5.95. The minimum absolute atomic E-state index is 0.00698. The Hall–Kier alpha value is -2.27. The zero-order valence-corrected chi connectivity index (χ0v) is 10.7. The summed E-state index contributed by atoms with van der Waals surface area (Å²) in [6.45, 7) is 6.42. The Balaban J connectivity index is 2.34. The third-order valence-corrected chi connectivity index (χ3v) is 3.79. The van der Waals surface area contributed by atoms with Gasteiger partial charge in [-0.15, -0.1) is 6.58 Å². The van der Waals surface area contributed by atoms with E-state index in [1.165, 1.54) is 0 Å². The van der Waals surface area contributed by atoms with Crippen molar-refractivity contribution < 1.29 is 0 Å². The number of hydrogen-bond acceptors (Lipinski definition) is 5. The van der Waals surface area contributed by atoms with Crippen molar-refractivity contribution in [2.24, 2.45) is 11.0 Å². The Morgan fingerprint density at radius 3 is 2.84 bits per heavy atom. The van der Waals surface area contributed by atoms with Gasteiger partial charge in [-0.3, -0.25) is 9.59 Å². The van der Waals surface area contributed by atoms with Gasteiger partial charge < -0.3 is 10.6 Å². The van der Waals surface area contributed by atoms with E-state index in [1.54, 1.807) is 11.0 Å². The molecule has 0 aromatic heterocycles. The highest BCUT2D eigenvalue weighted by Gasteiger charge is 2.44. The molecule has 0 saturated carbocycles. The number of nitrogens with zero attached hydrogens (tertiary/aromatic N) is 4. The van der Waals surface area contributed by atoms with Gasteiger partial charge in [0.25, 0.3) is 10.9 Å². The minimum Gasteiger partial charge on any atom is -0.394 e. The van der Waals surface area contributed by atoms with E-state index >= 15 is 0 Å². The molecule has 1 fully saturated rings. The van der Waals surface area contributed by atoms with E-state index in [9.17, 15) is 9.59 Å². The second-order valence-corrected chi connectivity index (χ2v) is 5.07. The molecule has 0 bridgehead atoms. The minimum atomic E-state index is -0.632. The summed E-state index contributed by atoms with van der Waals surface area (Å²) in [5.41, 5.74) is 12.7. The summed E-state index contributed by atoms with van der Waals surface area (Å²) in [4.78, 5) is 27.3. The van der Waals surface area contributed by atoms with Crippen molar-refractivity contribution in [3.63, 3.8) is 0 Å². The molecule has 1 heterocycles. The van der Waals surface area contributed by atoms with Crippen LogP contribution in [0.15, 0.2) is 27.4 Å². The van der Waals surface area contributed by atoms with Gasteiger partial charge in [0.1, 0.15) is 11.4 Å². The second kappa shape index (κ2) is 4.44. The molecular formula is C12H15N5O2. The van der Waals surface area contributed by atoms with E-state index in [1.807, 2.05) is 6.92 Å². The van der Waals surface area contributed by atoms with Crippen LogP contribution < -0.4 is 21.5 Å². The van der Waals surface area contributed by atoms with Crippen LogP contribution in [-0.2, 0) is 0 Å². The van der Waals surface area contributed by atoms with Crippen LogP contribution in [0.3, 0.4) is 0 Å². The van der Waals surface area contributed by atoms with E-state index in [4.69, 9.17) is 11.3 Å². The van der Waals surface area contributed by atoms with Crippen LogP contribution in [0.2, 0.25) is 0 Å². The van der Waals surface area contributed by atoms with Gasteiger partial charge in [0, 0.05) is 18.0 Å². The van der Waals surface area contributed by atoms with Crippen molar-refractivity contribution in [1.29, 1.82) is 0 Å². The summed E-state index contributed by atoms with van der Waals surface area (Å²) in [5.74, 6) is 0.0460. The molecule has 7 heteroatoms. The fourth-order valence-corrected chi connectivity index (χ4v) is 2.67. The van der Waals surface area contributed by atoms with Crippen molar-refractivity contribution >= 4 is 11.4 Å². The number of azide groups is 1. The number of nitrogen functional groups attached to an aromatic ring is 1. The van der Waals surface area contributed by atoms with E-state index in [2.05, 4.69) is 16.6 Å². The molecule has 2 rings (SSSR count). The molecule has 1 aliphatic heterocycles. The molecule has 100 valence electrons. The highest BCUT2D eigenvalue weighted by molar-refractivity contribution is 5.73. The van der Waals surface area contributed by atoms with E-state index in [0.717, 1.165) is 0 Å². The molecule has 1 unspecified atom stereocenters. The molecule has 0 amide bonds. The van der Waals surface area contributed by atoms with Gasteiger partial charge in [-0.25, -0.2) is 0 Å². The summed E-state index contributed by atoms with van der Waals surface area (Å²) in [6.07, 6.45) is 2.42.